The first kappa shape index (κ1) is 23.0. The van der Waals surface area contributed by atoms with Gasteiger partial charge in [-0.25, -0.2) is 17.5 Å². The predicted molar refractivity (Wildman–Crippen MR) is 114 cm³/mol. The molecular formula is C22H27FN2O5S. The second kappa shape index (κ2) is 10.6. The summed E-state index contributed by atoms with van der Waals surface area (Å²) in [6.07, 6.45) is 4.15. The fourth-order valence-electron chi connectivity index (χ4n) is 3.45. The first-order valence-electron chi connectivity index (χ1n) is 10.3. The van der Waals surface area contributed by atoms with Crippen LogP contribution in [0.2, 0.25) is 0 Å². The lowest BCUT2D eigenvalue weighted by Gasteiger charge is -2.16. The maximum atomic E-state index is 12.9. The van der Waals surface area contributed by atoms with Crippen molar-refractivity contribution in [1.29, 1.82) is 0 Å². The van der Waals surface area contributed by atoms with Gasteiger partial charge in [-0.05, 0) is 61.7 Å². The maximum absolute atomic E-state index is 12.9. The number of methoxy groups -OCH3 is 1. The minimum absolute atomic E-state index is 0.0470. The highest BCUT2D eigenvalue weighted by Gasteiger charge is 2.26. The SMILES string of the molecule is COc1ccc(C(=O)NCCCOc2ccc(F)cc2)cc1S(=O)(=O)NC1CCCC1. The zero-order valence-electron chi connectivity index (χ0n) is 17.4. The molecule has 0 radical (unpaired) electrons. The third-order valence-corrected chi connectivity index (χ3v) is 6.62. The van der Waals surface area contributed by atoms with Crippen LogP contribution in [0.25, 0.3) is 0 Å². The second-order valence-electron chi connectivity index (χ2n) is 7.38. The van der Waals surface area contributed by atoms with Crippen LogP contribution in [0.1, 0.15) is 42.5 Å². The Labute approximate surface area is 182 Å². The molecule has 0 saturated heterocycles. The molecule has 1 aliphatic rings. The molecule has 168 valence electrons. The molecule has 2 N–H and O–H groups in total. The largest absolute Gasteiger partial charge is 0.495 e. The number of sulfonamides is 1. The number of hydrogen-bond donors (Lipinski definition) is 2. The summed E-state index contributed by atoms with van der Waals surface area (Å²) in [7, 11) is -2.41. The van der Waals surface area contributed by atoms with Crippen LogP contribution < -0.4 is 19.5 Å². The van der Waals surface area contributed by atoms with Gasteiger partial charge in [-0.3, -0.25) is 4.79 Å². The van der Waals surface area contributed by atoms with Gasteiger partial charge in [-0.2, -0.15) is 0 Å². The Morgan fingerprint density at radius 2 is 1.84 bits per heavy atom. The van der Waals surface area contributed by atoms with Gasteiger partial charge in [0.15, 0.2) is 0 Å². The maximum Gasteiger partial charge on any atom is 0.251 e. The average Bonchev–Trinajstić information content (AvgIpc) is 3.26. The Balaban J connectivity index is 1.56. The molecule has 1 fully saturated rings. The summed E-state index contributed by atoms with van der Waals surface area (Å²) >= 11 is 0. The molecule has 1 aliphatic carbocycles. The highest BCUT2D eigenvalue weighted by molar-refractivity contribution is 7.89. The van der Waals surface area contributed by atoms with Crippen molar-refractivity contribution in [3.63, 3.8) is 0 Å². The Morgan fingerprint density at radius 3 is 2.52 bits per heavy atom. The summed E-state index contributed by atoms with van der Waals surface area (Å²) in [6, 6.07) is 9.95. The minimum Gasteiger partial charge on any atom is -0.495 e. The highest BCUT2D eigenvalue weighted by atomic mass is 32.2. The number of amides is 1. The lowest BCUT2D eigenvalue weighted by atomic mass is 10.2. The molecule has 2 aromatic carbocycles. The van der Waals surface area contributed by atoms with Crippen LogP contribution in [0.3, 0.4) is 0 Å². The van der Waals surface area contributed by atoms with Crippen LogP contribution in [0.15, 0.2) is 47.4 Å². The zero-order valence-corrected chi connectivity index (χ0v) is 18.2. The van der Waals surface area contributed by atoms with Gasteiger partial charge in [0.05, 0.1) is 13.7 Å². The first-order chi connectivity index (χ1) is 14.9. The van der Waals surface area contributed by atoms with Crippen molar-refractivity contribution in [2.24, 2.45) is 0 Å². The first-order valence-corrected chi connectivity index (χ1v) is 11.7. The molecule has 1 saturated carbocycles. The van der Waals surface area contributed by atoms with E-state index in [0.29, 0.717) is 25.3 Å². The number of nitrogens with one attached hydrogen (secondary N) is 2. The lowest BCUT2D eigenvalue weighted by molar-refractivity contribution is 0.0951. The van der Waals surface area contributed by atoms with Crippen LogP contribution in [-0.4, -0.2) is 40.6 Å². The number of carbonyl (C=O) groups is 1. The van der Waals surface area contributed by atoms with Crippen LogP contribution in [-0.2, 0) is 10.0 Å². The van der Waals surface area contributed by atoms with Gasteiger partial charge in [-0.15, -0.1) is 0 Å². The van der Waals surface area contributed by atoms with Crippen molar-refractivity contribution in [3.8, 4) is 11.5 Å². The summed E-state index contributed by atoms with van der Waals surface area (Å²) < 4.78 is 51.9. The summed E-state index contributed by atoms with van der Waals surface area (Å²) in [5, 5.41) is 2.75. The summed E-state index contributed by atoms with van der Waals surface area (Å²) in [5.74, 6) is 0.0166. The van der Waals surface area contributed by atoms with Gasteiger partial charge >= 0.3 is 0 Å². The van der Waals surface area contributed by atoms with E-state index in [0.717, 1.165) is 25.7 Å². The third-order valence-electron chi connectivity index (χ3n) is 5.08. The van der Waals surface area contributed by atoms with Crippen LogP contribution in [0.5, 0.6) is 11.5 Å². The Morgan fingerprint density at radius 1 is 1.13 bits per heavy atom. The molecular weight excluding hydrogens is 423 g/mol. The molecule has 3 rings (SSSR count). The van der Waals surface area contributed by atoms with Gasteiger partial charge in [0, 0.05) is 18.2 Å². The van der Waals surface area contributed by atoms with Crippen molar-refractivity contribution >= 4 is 15.9 Å². The van der Waals surface area contributed by atoms with Crippen molar-refractivity contribution < 1.29 is 27.1 Å². The van der Waals surface area contributed by atoms with E-state index in [-0.39, 0.29) is 34.0 Å². The van der Waals surface area contributed by atoms with Gasteiger partial charge in [0.25, 0.3) is 5.91 Å². The topological polar surface area (TPSA) is 93.7 Å². The molecule has 0 aromatic heterocycles. The number of carbonyl (C=O) groups excluding carboxylic acids is 1. The molecule has 7 nitrogen and oxygen atoms in total. The fourth-order valence-corrected chi connectivity index (χ4v) is 4.95. The number of ether oxygens (including phenoxy) is 2. The normalized spacial score (nSPS) is 14.4. The molecule has 0 bridgehead atoms. The van der Waals surface area contributed by atoms with Crippen molar-refractivity contribution in [3.05, 3.63) is 53.8 Å². The summed E-state index contributed by atoms with van der Waals surface area (Å²) in [4.78, 5) is 12.4. The van der Waals surface area contributed by atoms with Gasteiger partial charge in [0.2, 0.25) is 10.0 Å². The Hall–Kier alpha value is -2.65. The van der Waals surface area contributed by atoms with Crippen LogP contribution >= 0.6 is 0 Å². The van der Waals surface area contributed by atoms with E-state index in [4.69, 9.17) is 9.47 Å². The van der Waals surface area contributed by atoms with Gasteiger partial charge in [-0.1, -0.05) is 12.8 Å². The number of hydrogen-bond acceptors (Lipinski definition) is 5. The Bertz CT molecular complexity index is 989. The zero-order chi connectivity index (χ0) is 22.3. The van der Waals surface area contributed by atoms with E-state index in [1.807, 2.05) is 0 Å². The Kier molecular flexibility index (Phi) is 7.86. The fraction of sp³-hybridized carbons (Fsp3) is 0.409. The van der Waals surface area contributed by atoms with Crippen molar-refractivity contribution in [2.75, 3.05) is 20.3 Å². The summed E-state index contributed by atoms with van der Waals surface area (Å²) in [6.45, 7) is 0.688. The molecule has 0 heterocycles. The lowest BCUT2D eigenvalue weighted by Crippen LogP contribution is -2.33. The van der Waals surface area contributed by atoms with E-state index in [2.05, 4.69) is 10.0 Å². The molecule has 2 aromatic rings. The quantitative estimate of drug-likeness (QED) is 0.542. The number of benzene rings is 2. The van der Waals surface area contributed by atoms with Gasteiger partial charge < -0.3 is 14.8 Å². The molecule has 31 heavy (non-hydrogen) atoms. The monoisotopic (exact) mass is 450 g/mol. The van der Waals surface area contributed by atoms with Crippen LogP contribution in [0.4, 0.5) is 4.39 Å². The smallest absolute Gasteiger partial charge is 0.251 e. The molecule has 0 atom stereocenters. The molecule has 9 heteroatoms. The number of halogens is 1. The standard InChI is InChI=1S/C22H27FN2O5S/c1-29-20-12-7-16(15-21(20)31(27,28)25-18-5-2-3-6-18)22(26)24-13-4-14-30-19-10-8-17(23)9-11-19/h7-12,15,18,25H,2-6,13-14H2,1H3,(H,24,26). The van der Waals surface area contributed by atoms with E-state index >= 15 is 0 Å². The van der Waals surface area contributed by atoms with Gasteiger partial charge in [0.1, 0.15) is 22.2 Å². The van der Waals surface area contributed by atoms with Crippen molar-refractivity contribution in [2.45, 2.75) is 43.0 Å². The molecule has 0 aliphatic heterocycles. The molecule has 0 unspecified atom stereocenters. The predicted octanol–water partition coefficient (Wildman–Crippen LogP) is 3.25. The van der Waals surface area contributed by atoms with Crippen LogP contribution in [0, 0.1) is 5.82 Å². The average molecular weight is 451 g/mol. The van der Waals surface area contributed by atoms with E-state index < -0.39 is 10.0 Å². The third kappa shape index (κ3) is 6.41. The van der Waals surface area contributed by atoms with E-state index in [9.17, 15) is 17.6 Å². The molecule has 1 amide bonds. The van der Waals surface area contributed by atoms with E-state index in [1.54, 1.807) is 0 Å². The molecule has 0 spiro atoms. The second-order valence-corrected chi connectivity index (χ2v) is 9.06. The highest BCUT2D eigenvalue weighted by Crippen LogP contribution is 2.27. The summed E-state index contributed by atoms with van der Waals surface area (Å²) in [5.41, 5.74) is 0.229. The number of rotatable bonds is 10. The minimum atomic E-state index is -3.81. The van der Waals surface area contributed by atoms with E-state index in [1.165, 1.54) is 49.6 Å². The van der Waals surface area contributed by atoms with Crippen molar-refractivity contribution in [1.82, 2.24) is 10.0 Å².